The predicted molar refractivity (Wildman–Crippen MR) is 156 cm³/mol. The van der Waals surface area contributed by atoms with Crippen LogP contribution in [0.3, 0.4) is 0 Å². The lowest BCUT2D eigenvalue weighted by molar-refractivity contribution is -0.137. The van der Waals surface area contributed by atoms with Crippen LogP contribution in [-0.4, -0.2) is 34.6 Å². The third kappa shape index (κ3) is 7.44. The van der Waals surface area contributed by atoms with E-state index < -0.39 is 5.97 Å². The summed E-state index contributed by atoms with van der Waals surface area (Å²) in [6.45, 7) is 14.8. The van der Waals surface area contributed by atoms with Gasteiger partial charge in [-0.15, -0.1) is 0 Å². The Kier molecular flexibility index (Phi) is 10.5. The van der Waals surface area contributed by atoms with Gasteiger partial charge >= 0.3 is 5.97 Å². The molecule has 0 spiro atoms. The lowest BCUT2D eigenvalue weighted by atomic mass is 9.93. The van der Waals surface area contributed by atoms with Crippen molar-refractivity contribution < 1.29 is 14.6 Å². The van der Waals surface area contributed by atoms with Gasteiger partial charge in [0.25, 0.3) is 0 Å². The van der Waals surface area contributed by atoms with Gasteiger partial charge in [0.1, 0.15) is 12.4 Å². The zero-order valence-electron chi connectivity index (χ0n) is 24.2. The number of carboxylic acid groups (broad SMARTS) is 1. The van der Waals surface area contributed by atoms with Crippen LogP contribution >= 0.6 is 0 Å². The highest BCUT2D eigenvalue weighted by molar-refractivity contribution is 5.69. The van der Waals surface area contributed by atoms with Gasteiger partial charge in [-0.1, -0.05) is 58.0 Å². The topological polar surface area (TPSA) is 62.7 Å². The van der Waals surface area contributed by atoms with Crippen LogP contribution in [0.5, 0.6) is 5.75 Å². The Balaban J connectivity index is 2.01. The van der Waals surface area contributed by atoms with Crippen LogP contribution in [0.2, 0.25) is 0 Å². The fourth-order valence-electron chi connectivity index (χ4n) is 4.95. The predicted octanol–water partition coefficient (Wildman–Crippen LogP) is 7.49. The molecular weight excluding hydrogens is 472 g/mol. The molecule has 0 atom stereocenters. The molecule has 0 fully saturated rings. The number of benzene rings is 2. The van der Waals surface area contributed by atoms with E-state index in [-0.39, 0.29) is 6.42 Å². The smallest absolute Gasteiger partial charge is 0.303 e. The number of aliphatic carboxylic acids is 1. The lowest BCUT2D eigenvalue weighted by Gasteiger charge is -2.22. The number of carboxylic acids is 1. The van der Waals surface area contributed by atoms with Crippen molar-refractivity contribution in [3.63, 3.8) is 0 Å². The molecule has 0 aliphatic heterocycles. The largest absolute Gasteiger partial charge is 0.489 e. The minimum Gasteiger partial charge on any atom is -0.489 e. The van der Waals surface area contributed by atoms with Crippen LogP contribution < -0.4 is 4.74 Å². The summed E-state index contributed by atoms with van der Waals surface area (Å²) in [6.07, 6.45) is 2.69. The second-order valence-electron chi connectivity index (χ2n) is 10.6. The van der Waals surface area contributed by atoms with Crippen molar-refractivity contribution in [2.45, 2.75) is 86.3 Å². The summed E-state index contributed by atoms with van der Waals surface area (Å²) < 4.78 is 6.43. The van der Waals surface area contributed by atoms with Crippen molar-refractivity contribution in [3.05, 3.63) is 81.5 Å². The van der Waals surface area contributed by atoms with E-state index in [0.717, 1.165) is 41.1 Å². The summed E-state index contributed by atoms with van der Waals surface area (Å²) in [6, 6.07) is 15.2. The average Bonchev–Trinajstić information content (AvgIpc) is 2.87. The lowest BCUT2D eigenvalue weighted by Crippen LogP contribution is -2.21. The Bertz CT molecular complexity index is 1230. The monoisotopic (exact) mass is 516 g/mol. The van der Waals surface area contributed by atoms with Gasteiger partial charge in [-0.05, 0) is 92.6 Å². The molecule has 0 aliphatic rings. The number of ether oxygens (including phenoxy) is 1. The van der Waals surface area contributed by atoms with E-state index in [2.05, 4.69) is 96.0 Å². The maximum absolute atomic E-state index is 11.0. The van der Waals surface area contributed by atoms with Gasteiger partial charge in [0.2, 0.25) is 0 Å². The van der Waals surface area contributed by atoms with E-state index in [1.807, 2.05) is 0 Å². The number of carbonyl (C=O) groups is 1. The van der Waals surface area contributed by atoms with Gasteiger partial charge in [0.15, 0.2) is 0 Å². The van der Waals surface area contributed by atoms with Gasteiger partial charge in [0.05, 0.1) is 5.69 Å². The van der Waals surface area contributed by atoms with Crippen molar-refractivity contribution in [2.75, 3.05) is 13.6 Å². The number of hydrogen-bond donors (Lipinski definition) is 1. The standard InChI is InChI=1S/C33H44N2O3/c1-8-25-12-10-13-26(9-2)33(25)30-18-28(20-35(7)17-11-14-32(36)37)29(24(6)34-30)21-38-31-19-27(22(3)4)16-15-23(31)5/h10,12-13,15-16,18-19,22H,8-9,11,14,17,20-21H2,1-7H3,(H,36,37). The van der Waals surface area contributed by atoms with Crippen molar-refractivity contribution in [1.82, 2.24) is 9.88 Å². The van der Waals surface area contributed by atoms with Gasteiger partial charge < -0.3 is 14.7 Å². The molecule has 0 saturated carbocycles. The molecule has 0 saturated heterocycles. The molecule has 0 radical (unpaired) electrons. The van der Waals surface area contributed by atoms with E-state index in [4.69, 9.17) is 14.8 Å². The molecule has 1 N–H and O–H groups in total. The second kappa shape index (κ2) is 13.6. The summed E-state index contributed by atoms with van der Waals surface area (Å²) in [5.74, 6) is 0.587. The summed E-state index contributed by atoms with van der Waals surface area (Å²) in [7, 11) is 2.05. The van der Waals surface area contributed by atoms with E-state index >= 15 is 0 Å². The number of nitrogens with zero attached hydrogens (tertiary/aromatic N) is 2. The molecule has 3 aromatic rings. The van der Waals surface area contributed by atoms with Gasteiger partial charge in [0, 0.05) is 29.8 Å². The molecular formula is C33H44N2O3. The highest BCUT2D eigenvalue weighted by Crippen LogP contribution is 2.32. The molecule has 0 amide bonds. The molecule has 0 unspecified atom stereocenters. The molecule has 5 nitrogen and oxygen atoms in total. The number of aromatic nitrogens is 1. The maximum Gasteiger partial charge on any atom is 0.303 e. The van der Waals surface area contributed by atoms with Crippen LogP contribution in [-0.2, 0) is 30.8 Å². The molecule has 0 bridgehead atoms. The third-order valence-electron chi connectivity index (χ3n) is 7.30. The molecule has 204 valence electrons. The highest BCUT2D eigenvalue weighted by Gasteiger charge is 2.18. The van der Waals surface area contributed by atoms with Gasteiger partial charge in [-0.3, -0.25) is 9.78 Å². The average molecular weight is 517 g/mol. The van der Waals surface area contributed by atoms with Crippen LogP contribution in [0.1, 0.15) is 85.5 Å². The molecule has 5 heteroatoms. The summed E-state index contributed by atoms with van der Waals surface area (Å²) in [5, 5.41) is 9.07. The number of rotatable bonds is 13. The van der Waals surface area contributed by atoms with Crippen molar-refractivity contribution in [1.29, 1.82) is 0 Å². The zero-order chi connectivity index (χ0) is 27.8. The Hall–Kier alpha value is -3.18. The fraction of sp³-hybridized carbons (Fsp3) is 0.455. The van der Waals surface area contributed by atoms with Crippen molar-refractivity contribution in [2.24, 2.45) is 0 Å². The molecule has 2 aromatic carbocycles. The quantitative estimate of drug-likeness (QED) is 0.255. The molecule has 3 rings (SSSR count). The third-order valence-corrected chi connectivity index (χ3v) is 7.30. The first kappa shape index (κ1) is 29.4. The zero-order valence-corrected chi connectivity index (χ0v) is 24.2. The first-order chi connectivity index (χ1) is 18.1. The van der Waals surface area contributed by atoms with Crippen LogP contribution in [0.4, 0.5) is 0 Å². The van der Waals surface area contributed by atoms with Crippen LogP contribution in [0.25, 0.3) is 11.3 Å². The summed E-state index contributed by atoms with van der Waals surface area (Å²) in [4.78, 5) is 18.3. The van der Waals surface area contributed by atoms with E-state index in [1.165, 1.54) is 27.8 Å². The summed E-state index contributed by atoms with van der Waals surface area (Å²) in [5.41, 5.74) is 10.5. The second-order valence-corrected chi connectivity index (χ2v) is 10.6. The number of aryl methyl sites for hydroxylation is 4. The van der Waals surface area contributed by atoms with Gasteiger partial charge in [-0.25, -0.2) is 0 Å². The first-order valence-electron chi connectivity index (χ1n) is 13.9. The Morgan fingerprint density at radius 3 is 2.32 bits per heavy atom. The SMILES string of the molecule is CCc1cccc(CC)c1-c1cc(CN(C)CCCC(=O)O)c(COc2cc(C(C)C)ccc2C)c(C)n1. The fourth-order valence-corrected chi connectivity index (χ4v) is 4.95. The van der Waals surface area contributed by atoms with E-state index in [0.29, 0.717) is 32.0 Å². The molecule has 0 aliphatic carbocycles. The van der Waals surface area contributed by atoms with E-state index in [9.17, 15) is 4.79 Å². The van der Waals surface area contributed by atoms with Gasteiger partial charge in [-0.2, -0.15) is 0 Å². The minimum absolute atomic E-state index is 0.177. The number of pyridine rings is 1. The minimum atomic E-state index is -0.753. The normalized spacial score (nSPS) is 11.4. The molecule has 1 heterocycles. The molecule has 1 aromatic heterocycles. The Morgan fingerprint density at radius 1 is 1.03 bits per heavy atom. The summed E-state index contributed by atoms with van der Waals surface area (Å²) >= 11 is 0. The maximum atomic E-state index is 11.0. The van der Waals surface area contributed by atoms with Crippen molar-refractivity contribution in [3.8, 4) is 17.0 Å². The van der Waals surface area contributed by atoms with Crippen molar-refractivity contribution >= 4 is 5.97 Å². The highest BCUT2D eigenvalue weighted by atomic mass is 16.5. The van der Waals surface area contributed by atoms with Crippen LogP contribution in [0, 0.1) is 13.8 Å². The van der Waals surface area contributed by atoms with E-state index in [1.54, 1.807) is 0 Å². The number of hydrogen-bond acceptors (Lipinski definition) is 4. The Morgan fingerprint density at radius 2 is 1.71 bits per heavy atom. The van der Waals surface area contributed by atoms with Crippen LogP contribution in [0.15, 0.2) is 42.5 Å². The molecule has 38 heavy (non-hydrogen) atoms. The first-order valence-corrected chi connectivity index (χ1v) is 13.9. The Labute approximate surface area is 228 Å².